The molecule has 0 aromatic heterocycles. The van der Waals surface area contributed by atoms with Gasteiger partial charge in [0.15, 0.2) is 0 Å². The molecule has 6 atom stereocenters. The van der Waals surface area contributed by atoms with Crippen molar-refractivity contribution in [2.24, 2.45) is 11.8 Å². The highest BCUT2D eigenvalue weighted by atomic mass is 35.5. The summed E-state index contributed by atoms with van der Waals surface area (Å²) in [6.45, 7) is 1.94. The SMILES string of the molecule is CC[C@]12/C=C\CCCCOC(=O)[C@H]1[C@H]1C(=O)N([C@H](CO)c3ccccc3)C3C(=O)N(c4ccccc4Cl)CC=C[C@@]31O2. The minimum atomic E-state index is -1.48. The topological polar surface area (TPSA) is 96.4 Å². The van der Waals surface area contributed by atoms with Gasteiger partial charge in [0.1, 0.15) is 23.2 Å². The third-order valence-corrected chi connectivity index (χ3v) is 9.48. The highest BCUT2D eigenvalue weighted by Crippen LogP contribution is 2.59. The second-order valence-corrected chi connectivity index (χ2v) is 11.8. The Morgan fingerprint density at radius 1 is 0.976 bits per heavy atom. The summed E-state index contributed by atoms with van der Waals surface area (Å²) < 4.78 is 12.8. The van der Waals surface area contributed by atoms with Gasteiger partial charge in [0, 0.05) is 6.54 Å². The number of carbonyl (C=O) groups is 3. The van der Waals surface area contributed by atoms with Crippen LogP contribution in [0.1, 0.15) is 44.2 Å². The summed E-state index contributed by atoms with van der Waals surface area (Å²) in [6.07, 6.45) is 10.3. The number of allylic oxidation sites excluding steroid dienone is 1. The molecule has 2 saturated heterocycles. The van der Waals surface area contributed by atoms with E-state index in [0.29, 0.717) is 29.1 Å². The third-order valence-electron chi connectivity index (χ3n) is 9.16. The average Bonchev–Trinajstić information content (AvgIpc) is 3.36. The zero-order valence-corrected chi connectivity index (χ0v) is 24.3. The molecule has 2 aromatic rings. The number of likely N-dealkylation sites (tertiary alicyclic amines) is 1. The molecular weight excluding hydrogens is 556 g/mol. The Labute approximate surface area is 250 Å². The average molecular weight is 591 g/mol. The van der Waals surface area contributed by atoms with Gasteiger partial charge >= 0.3 is 5.97 Å². The lowest BCUT2D eigenvalue weighted by Gasteiger charge is -2.41. The largest absolute Gasteiger partial charge is 0.465 e. The van der Waals surface area contributed by atoms with Crippen LogP contribution in [0.2, 0.25) is 5.02 Å². The predicted molar refractivity (Wildman–Crippen MR) is 158 cm³/mol. The molecule has 0 radical (unpaired) electrons. The van der Waals surface area contributed by atoms with E-state index in [-0.39, 0.29) is 13.2 Å². The second-order valence-electron chi connectivity index (χ2n) is 11.3. The number of cyclic esters (lactones) is 1. The Bertz CT molecular complexity index is 1430. The molecule has 42 heavy (non-hydrogen) atoms. The Morgan fingerprint density at radius 3 is 2.48 bits per heavy atom. The number of aliphatic hydroxyl groups excluding tert-OH is 1. The lowest BCUT2D eigenvalue weighted by Crippen LogP contribution is -2.57. The molecule has 220 valence electrons. The van der Waals surface area contributed by atoms with Gasteiger partial charge in [-0.2, -0.15) is 0 Å². The molecule has 4 aliphatic rings. The van der Waals surface area contributed by atoms with Gasteiger partial charge in [-0.05, 0) is 43.4 Å². The zero-order chi connectivity index (χ0) is 29.5. The zero-order valence-electron chi connectivity index (χ0n) is 23.5. The first-order valence-electron chi connectivity index (χ1n) is 14.6. The highest BCUT2D eigenvalue weighted by molar-refractivity contribution is 6.34. The summed E-state index contributed by atoms with van der Waals surface area (Å²) in [4.78, 5) is 46.4. The van der Waals surface area contributed by atoms with E-state index in [4.69, 9.17) is 21.1 Å². The van der Waals surface area contributed by atoms with E-state index in [1.165, 1.54) is 4.90 Å². The molecule has 2 amide bonds. The van der Waals surface area contributed by atoms with Crippen molar-refractivity contribution in [2.75, 3.05) is 24.7 Å². The van der Waals surface area contributed by atoms with Crippen LogP contribution in [0, 0.1) is 11.8 Å². The number of hydrogen-bond donors (Lipinski definition) is 1. The number of nitrogens with zero attached hydrogens (tertiary/aromatic N) is 2. The van der Waals surface area contributed by atoms with Crippen LogP contribution in [0.4, 0.5) is 5.69 Å². The quantitative estimate of drug-likeness (QED) is 0.403. The lowest BCUT2D eigenvalue weighted by molar-refractivity contribution is -0.161. The normalized spacial score (nSPS) is 32.5. The van der Waals surface area contributed by atoms with Crippen LogP contribution in [-0.4, -0.2) is 64.8 Å². The molecule has 8 nitrogen and oxygen atoms in total. The fourth-order valence-corrected chi connectivity index (χ4v) is 7.47. The van der Waals surface area contributed by atoms with Gasteiger partial charge in [-0.1, -0.05) is 85.3 Å². The molecule has 1 unspecified atom stereocenters. The minimum Gasteiger partial charge on any atom is -0.465 e. The molecule has 2 fully saturated rings. The maximum absolute atomic E-state index is 14.8. The first kappa shape index (κ1) is 28.6. The molecule has 0 saturated carbocycles. The van der Waals surface area contributed by atoms with Crippen LogP contribution in [-0.2, 0) is 23.9 Å². The maximum atomic E-state index is 14.8. The molecule has 4 aliphatic heterocycles. The highest BCUT2D eigenvalue weighted by Gasteiger charge is 2.76. The molecule has 6 rings (SSSR count). The van der Waals surface area contributed by atoms with Crippen molar-refractivity contribution in [2.45, 2.75) is 55.9 Å². The van der Waals surface area contributed by atoms with E-state index in [9.17, 15) is 19.5 Å². The van der Waals surface area contributed by atoms with Crippen LogP contribution in [0.25, 0.3) is 0 Å². The number of halogens is 1. The third kappa shape index (κ3) is 4.39. The second kappa shape index (κ2) is 11.3. The summed E-state index contributed by atoms with van der Waals surface area (Å²) in [6, 6.07) is 14.2. The fourth-order valence-electron chi connectivity index (χ4n) is 7.23. The Hall–Kier alpha value is -3.46. The molecule has 4 heterocycles. The monoisotopic (exact) mass is 590 g/mol. The molecule has 2 aromatic carbocycles. The number of ether oxygens (including phenoxy) is 2. The van der Waals surface area contributed by atoms with Crippen LogP contribution in [0.5, 0.6) is 0 Å². The summed E-state index contributed by atoms with van der Waals surface area (Å²) in [5, 5.41) is 11.1. The van der Waals surface area contributed by atoms with E-state index < -0.39 is 59.5 Å². The van der Waals surface area contributed by atoms with Crippen molar-refractivity contribution >= 4 is 35.1 Å². The van der Waals surface area contributed by atoms with E-state index >= 15 is 0 Å². The van der Waals surface area contributed by atoms with Crippen molar-refractivity contribution in [3.63, 3.8) is 0 Å². The van der Waals surface area contributed by atoms with Crippen LogP contribution in [0.15, 0.2) is 78.9 Å². The number of amides is 2. The summed E-state index contributed by atoms with van der Waals surface area (Å²) in [5.74, 6) is -3.35. The van der Waals surface area contributed by atoms with E-state index in [2.05, 4.69) is 0 Å². The van der Waals surface area contributed by atoms with Crippen molar-refractivity contribution in [1.82, 2.24) is 4.90 Å². The van der Waals surface area contributed by atoms with Crippen LogP contribution in [0.3, 0.4) is 0 Å². The number of benzene rings is 2. The van der Waals surface area contributed by atoms with Crippen molar-refractivity contribution in [3.8, 4) is 0 Å². The van der Waals surface area contributed by atoms with Crippen LogP contribution >= 0.6 is 11.6 Å². The Balaban J connectivity index is 1.56. The minimum absolute atomic E-state index is 0.193. The first-order valence-corrected chi connectivity index (χ1v) is 15.0. The molecular formula is C33H35ClN2O6. The van der Waals surface area contributed by atoms with Gasteiger partial charge in [0.25, 0.3) is 5.91 Å². The molecule has 9 heteroatoms. The lowest BCUT2D eigenvalue weighted by atomic mass is 9.73. The molecule has 0 bridgehead atoms. The van der Waals surface area contributed by atoms with Gasteiger partial charge in [-0.15, -0.1) is 0 Å². The standard InChI is InChI=1S/C33H35ClN2O6/c1-2-32-17-10-3-4-11-20-41-31(40)27(32)26-29(38)36(25(21-37)22-13-6-5-7-14-22)28-30(39)35(19-12-18-33(26,28)42-32)24-16-9-8-15-23(24)34/h5-10,12-18,25-28,37H,2-4,11,19-21H2,1H3/b17-10-/t25-,26+,27-,28?,32+,33+/m1/s1. The number of rotatable bonds is 5. The number of hydrogen-bond acceptors (Lipinski definition) is 6. The molecule has 1 N–H and O–H groups in total. The number of esters is 1. The number of carbonyl (C=O) groups excluding carboxylic acids is 3. The fraction of sp³-hybridized carbons (Fsp3) is 0.424. The number of aliphatic hydroxyl groups is 1. The Kier molecular flexibility index (Phi) is 7.72. The van der Waals surface area contributed by atoms with Gasteiger partial charge in [0.2, 0.25) is 5.91 Å². The number of anilines is 1. The van der Waals surface area contributed by atoms with E-state index in [1.807, 2.05) is 55.5 Å². The van der Waals surface area contributed by atoms with E-state index in [0.717, 1.165) is 12.8 Å². The van der Waals surface area contributed by atoms with Gasteiger partial charge in [-0.25, -0.2) is 0 Å². The number of para-hydroxylation sites is 1. The van der Waals surface area contributed by atoms with Gasteiger partial charge in [0.05, 0.1) is 35.9 Å². The van der Waals surface area contributed by atoms with E-state index in [1.54, 1.807) is 35.2 Å². The molecule has 0 aliphatic carbocycles. The summed E-state index contributed by atoms with van der Waals surface area (Å²) in [7, 11) is 0. The van der Waals surface area contributed by atoms with Crippen molar-refractivity contribution in [3.05, 3.63) is 89.5 Å². The number of fused-ring (bicyclic) bond motifs is 2. The van der Waals surface area contributed by atoms with Crippen molar-refractivity contribution < 1.29 is 29.0 Å². The van der Waals surface area contributed by atoms with Gasteiger partial charge < -0.3 is 24.4 Å². The molecule has 1 spiro atoms. The Morgan fingerprint density at radius 2 is 1.74 bits per heavy atom. The van der Waals surface area contributed by atoms with Gasteiger partial charge in [-0.3, -0.25) is 14.4 Å². The summed E-state index contributed by atoms with van der Waals surface area (Å²) >= 11 is 6.57. The smallest absolute Gasteiger partial charge is 0.313 e. The predicted octanol–water partition coefficient (Wildman–Crippen LogP) is 4.62. The van der Waals surface area contributed by atoms with Crippen LogP contribution < -0.4 is 4.90 Å². The summed E-state index contributed by atoms with van der Waals surface area (Å²) in [5.41, 5.74) is -1.46. The first-order chi connectivity index (χ1) is 20.4. The maximum Gasteiger partial charge on any atom is 0.313 e. The van der Waals surface area contributed by atoms with Crippen molar-refractivity contribution in [1.29, 1.82) is 0 Å².